The van der Waals surface area contributed by atoms with E-state index in [1.165, 1.54) is 9.42 Å². The first-order valence-electron chi connectivity index (χ1n) is 10.5. The maximum absolute atomic E-state index is 13.2. The fourth-order valence-electron chi connectivity index (χ4n) is 3.55. The van der Waals surface area contributed by atoms with Gasteiger partial charge in [0.15, 0.2) is 0 Å². The van der Waals surface area contributed by atoms with Gasteiger partial charge in [0.1, 0.15) is 5.75 Å². The molecule has 4 aromatic rings. The Bertz CT molecular complexity index is 1290. The fourth-order valence-corrected chi connectivity index (χ4v) is 3.55. The SMILES string of the molecule is CCC(=O)N(Cc1ccc(OC)cc1)c1nc2nc(C)c(Cc3ccccc3)c(=O)n2[nH]1. The molecule has 2 heterocycles. The summed E-state index contributed by atoms with van der Waals surface area (Å²) in [5.41, 5.74) is 2.93. The number of amides is 1. The van der Waals surface area contributed by atoms with Crippen LogP contribution in [0.4, 0.5) is 5.95 Å². The van der Waals surface area contributed by atoms with Gasteiger partial charge in [0.2, 0.25) is 11.9 Å². The molecule has 0 aliphatic rings. The van der Waals surface area contributed by atoms with Crippen molar-refractivity contribution in [3.63, 3.8) is 0 Å². The lowest BCUT2D eigenvalue weighted by atomic mass is 10.1. The van der Waals surface area contributed by atoms with Gasteiger partial charge >= 0.3 is 0 Å². The maximum atomic E-state index is 13.2. The Morgan fingerprint density at radius 2 is 1.78 bits per heavy atom. The zero-order chi connectivity index (χ0) is 22.7. The summed E-state index contributed by atoms with van der Waals surface area (Å²) in [7, 11) is 1.61. The van der Waals surface area contributed by atoms with Gasteiger partial charge < -0.3 is 4.74 Å². The second kappa shape index (κ2) is 9.05. The van der Waals surface area contributed by atoms with Crippen molar-refractivity contribution in [3.8, 4) is 5.75 Å². The number of nitrogens with one attached hydrogen (secondary N) is 1. The largest absolute Gasteiger partial charge is 0.497 e. The molecule has 0 radical (unpaired) electrons. The lowest BCUT2D eigenvalue weighted by Gasteiger charge is -2.19. The third-order valence-electron chi connectivity index (χ3n) is 5.37. The van der Waals surface area contributed by atoms with Crippen molar-refractivity contribution in [2.45, 2.75) is 33.2 Å². The monoisotopic (exact) mass is 431 g/mol. The first kappa shape index (κ1) is 21.3. The zero-order valence-electron chi connectivity index (χ0n) is 18.3. The molecule has 2 aromatic heterocycles. The van der Waals surface area contributed by atoms with Crippen molar-refractivity contribution in [1.82, 2.24) is 19.6 Å². The van der Waals surface area contributed by atoms with Gasteiger partial charge in [-0.05, 0) is 30.2 Å². The topological polar surface area (TPSA) is 92.6 Å². The molecule has 2 aromatic carbocycles. The molecule has 1 amide bonds. The number of hydrogen-bond donors (Lipinski definition) is 1. The normalized spacial score (nSPS) is 11.0. The fraction of sp³-hybridized carbons (Fsp3) is 0.250. The van der Waals surface area contributed by atoms with E-state index >= 15 is 0 Å². The minimum atomic E-state index is -0.219. The van der Waals surface area contributed by atoms with Crippen LogP contribution in [0.2, 0.25) is 0 Å². The maximum Gasteiger partial charge on any atom is 0.277 e. The van der Waals surface area contributed by atoms with Crippen LogP contribution in [-0.4, -0.2) is 32.6 Å². The van der Waals surface area contributed by atoms with Crippen molar-refractivity contribution in [2.75, 3.05) is 12.0 Å². The Morgan fingerprint density at radius 1 is 1.06 bits per heavy atom. The number of benzene rings is 2. The first-order chi connectivity index (χ1) is 15.5. The second-order valence-corrected chi connectivity index (χ2v) is 7.51. The summed E-state index contributed by atoms with van der Waals surface area (Å²) in [5, 5.41) is 2.99. The lowest BCUT2D eigenvalue weighted by molar-refractivity contribution is -0.118. The molecule has 4 rings (SSSR count). The predicted molar refractivity (Wildman–Crippen MR) is 122 cm³/mol. The molecule has 0 saturated heterocycles. The van der Waals surface area contributed by atoms with E-state index in [1.54, 1.807) is 21.0 Å². The number of carbonyl (C=O) groups is 1. The van der Waals surface area contributed by atoms with Crippen molar-refractivity contribution in [1.29, 1.82) is 0 Å². The van der Waals surface area contributed by atoms with Gasteiger partial charge in [0, 0.05) is 18.4 Å². The summed E-state index contributed by atoms with van der Waals surface area (Å²) < 4.78 is 6.51. The number of rotatable bonds is 7. The molecule has 164 valence electrons. The van der Waals surface area contributed by atoms with Crippen LogP contribution in [0.15, 0.2) is 59.4 Å². The Balaban J connectivity index is 1.71. The summed E-state index contributed by atoms with van der Waals surface area (Å²) in [6.45, 7) is 3.90. The number of anilines is 1. The van der Waals surface area contributed by atoms with E-state index in [2.05, 4.69) is 15.1 Å². The summed E-state index contributed by atoms with van der Waals surface area (Å²) in [5.74, 6) is 1.15. The molecular weight excluding hydrogens is 406 g/mol. The summed E-state index contributed by atoms with van der Waals surface area (Å²) >= 11 is 0. The minimum Gasteiger partial charge on any atom is -0.497 e. The van der Waals surface area contributed by atoms with Gasteiger partial charge in [-0.25, -0.2) is 4.98 Å². The zero-order valence-corrected chi connectivity index (χ0v) is 18.3. The Hall–Kier alpha value is -3.94. The minimum absolute atomic E-state index is 0.117. The Morgan fingerprint density at radius 3 is 2.44 bits per heavy atom. The van der Waals surface area contributed by atoms with E-state index in [1.807, 2.05) is 54.6 Å². The quantitative estimate of drug-likeness (QED) is 0.485. The van der Waals surface area contributed by atoms with Gasteiger partial charge in [-0.2, -0.15) is 9.50 Å². The third kappa shape index (κ3) is 4.25. The lowest BCUT2D eigenvalue weighted by Crippen LogP contribution is -2.31. The van der Waals surface area contributed by atoms with Gasteiger partial charge in [-0.15, -0.1) is 0 Å². The van der Waals surface area contributed by atoms with Crippen molar-refractivity contribution < 1.29 is 9.53 Å². The molecule has 0 fully saturated rings. The molecule has 0 aliphatic heterocycles. The van der Waals surface area contributed by atoms with E-state index in [9.17, 15) is 9.59 Å². The third-order valence-corrected chi connectivity index (χ3v) is 5.37. The number of aromatic nitrogens is 4. The van der Waals surface area contributed by atoms with Crippen LogP contribution in [0.5, 0.6) is 5.75 Å². The van der Waals surface area contributed by atoms with E-state index in [0.717, 1.165) is 16.9 Å². The standard InChI is InChI=1S/C24H25N5O3/c1-4-21(30)28(15-18-10-12-19(32-3)13-11-18)24-26-23-25-16(2)20(22(31)29(23)27-24)14-17-8-6-5-7-9-17/h5-13H,4,14-15H2,1-3H3,(H,25,26,27). The molecule has 8 nitrogen and oxygen atoms in total. The number of aryl methyl sites for hydroxylation is 1. The number of carbonyl (C=O) groups excluding carboxylic acids is 1. The smallest absolute Gasteiger partial charge is 0.277 e. The molecule has 0 saturated carbocycles. The van der Waals surface area contributed by atoms with Crippen LogP contribution in [0, 0.1) is 6.92 Å². The van der Waals surface area contributed by atoms with E-state index in [-0.39, 0.29) is 23.2 Å². The molecule has 0 bridgehead atoms. The van der Waals surface area contributed by atoms with Crippen LogP contribution < -0.4 is 15.2 Å². The molecule has 0 aliphatic carbocycles. The van der Waals surface area contributed by atoms with Gasteiger partial charge in [-0.1, -0.05) is 49.4 Å². The highest BCUT2D eigenvalue weighted by molar-refractivity contribution is 5.91. The number of ether oxygens (including phenoxy) is 1. The van der Waals surface area contributed by atoms with Crippen LogP contribution >= 0.6 is 0 Å². The van der Waals surface area contributed by atoms with E-state index in [4.69, 9.17) is 4.74 Å². The van der Waals surface area contributed by atoms with E-state index in [0.29, 0.717) is 30.6 Å². The van der Waals surface area contributed by atoms with Gasteiger partial charge in [0.05, 0.1) is 19.3 Å². The highest BCUT2D eigenvalue weighted by Gasteiger charge is 2.21. The van der Waals surface area contributed by atoms with Crippen LogP contribution in [0.3, 0.4) is 0 Å². The molecule has 0 unspecified atom stereocenters. The highest BCUT2D eigenvalue weighted by atomic mass is 16.5. The van der Waals surface area contributed by atoms with Gasteiger partial charge in [-0.3, -0.25) is 19.6 Å². The Kier molecular flexibility index (Phi) is 6.02. The summed E-state index contributed by atoms with van der Waals surface area (Å²) in [6.07, 6.45) is 0.771. The highest BCUT2D eigenvalue weighted by Crippen LogP contribution is 2.18. The van der Waals surface area contributed by atoms with Crippen LogP contribution in [0.1, 0.15) is 35.7 Å². The van der Waals surface area contributed by atoms with Crippen LogP contribution in [-0.2, 0) is 17.8 Å². The Labute approximate surface area is 185 Å². The van der Waals surface area contributed by atoms with Crippen LogP contribution in [0.25, 0.3) is 5.78 Å². The molecule has 32 heavy (non-hydrogen) atoms. The van der Waals surface area contributed by atoms with Crippen molar-refractivity contribution in [2.24, 2.45) is 0 Å². The average Bonchev–Trinajstić information content (AvgIpc) is 3.24. The number of aromatic amines is 1. The molecule has 0 spiro atoms. The summed E-state index contributed by atoms with van der Waals surface area (Å²) in [6, 6.07) is 17.2. The molecule has 0 atom stereocenters. The second-order valence-electron chi connectivity index (χ2n) is 7.51. The number of H-pyrrole nitrogens is 1. The van der Waals surface area contributed by atoms with E-state index < -0.39 is 0 Å². The van der Waals surface area contributed by atoms with Gasteiger partial charge in [0.25, 0.3) is 11.3 Å². The molecular formula is C24H25N5O3. The molecule has 8 heteroatoms. The molecule has 1 N–H and O–H groups in total. The predicted octanol–water partition coefficient (Wildman–Crippen LogP) is 3.27. The number of fused-ring (bicyclic) bond motifs is 1. The van der Waals surface area contributed by atoms with Crippen molar-refractivity contribution in [3.05, 3.63) is 87.3 Å². The summed E-state index contributed by atoms with van der Waals surface area (Å²) in [4.78, 5) is 36.4. The first-order valence-corrected chi connectivity index (χ1v) is 10.5. The van der Waals surface area contributed by atoms with Crippen molar-refractivity contribution >= 4 is 17.6 Å². The number of hydrogen-bond acceptors (Lipinski definition) is 5. The average molecular weight is 431 g/mol. The number of nitrogens with zero attached hydrogens (tertiary/aromatic N) is 4. The number of methoxy groups -OCH3 is 1.